The van der Waals surface area contributed by atoms with Crippen molar-refractivity contribution in [3.8, 4) is 0 Å². The lowest BCUT2D eigenvalue weighted by molar-refractivity contribution is -0.190. The zero-order valence-corrected chi connectivity index (χ0v) is 21.1. The van der Waals surface area contributed by atoms with E-state index in [-0.39, 0.29) is 18.0 Å². The molecule has 0 unspecified atom stereocenters. The first-order valence-corrected chi connectivity index (χ1v) is 12.4. The molecule has 0 aliphatic carbocycles. The van der Waals surface area contributed by atoms with Gasteiger partial charge in [0.25, 0.3) is 0 Å². The highest BCUT2D eigenvalue weighted by molar-refractivity contribution is 6.29. The van der Waals surface area contributed by atoms with E-state index >= 15 is 0 Å². The third kappa shape index (κ3) is 4.72. The molecule has 3 aromatic rings. The van der Waals surface area contributed by atoms with Gasteiger partial charge in [-0.3, -0.25) is 9.59 Å². The summed E-state index contributed by atoms with van der Waals surface area (Å²) in [6, 6.07) is 5.68. The molecule has 12 heteroatoms. The molecule has 5 rings (SSSR count). The summed E-state index contributed by atoms with van der Waals surface area (Å²) < 4.78 is 44.3. The third-order valence-electron chi connectivity index (χ3n) is 7.17. The Kier molecular flexibility index (Phi) is 6.51. The highest BCUT2D eigenvalue weighted by Crippen LogP contribution is 2.40. The number of carbonyl (C=O) groups is 2. The van der Waals surface area contributed by atoms with Gasteiger partial charge in [0.1, 0.15) is 0 Å². The van der Waals surface area contributed by atoms with Crippen molar-refractivity contribution in [1.29, 1.82) is 0 Å². The Morgan fingerprint density at radius 1 is 1.19 bits per heavy atom. The molecule has 4 heterocycles. The molecule has 1 saturated heterocycles. The second-order valence-electron chi connectivity index (χ2n) is 9.52. The number of aryl methyl sites for hydroxylation is 1. The monoisotopic (exact) mass is 534 g/mol. The van der Waals surface area contributed by atoms with E-state index in [9.17, 15) is 22.8 Å². The Morgan fingerprint density at radius 2 is 1.92 bits per heavy atom. The van der Waals surface area contributed by atoms with E-state index in [1.54, 1.807) is 28.9 Å². The molecule has 2 aliphatic rings. The number of hydrogen-bond acceptors (Lipinski definition) is 5. The van der Waals surface area contributed by atoms with Gasteiger partial charge in [-0.2, -0.15) is 18.3 Å². The zero-order valence-electron chi connectivity index (χ0n) is 20.4. The van der Waals surface area contributed by atoms with E-state index in [1.165, 1.54) is 31.0 Å². The Morgan fingerprint density at radius 3 is 2.57 bits per heavy atom. The SMILES string of the molecule is CC(=O)N1CC[C@H](C(=O)N(C)[C@@H](c2ccc(N3CCCc4c3cnc3cc(Cl)nn43)cc2)C(F)(F)F)C1. The summed E-state index contributed by atoms with van der Waals surface area (Å²) in [4.78, 5) is 33.3. The molecule has 2 atom stereocenters. The molecule has 1 fully saturated rings. The fraction of sp³-hybridized carbons (Fsp3) is 0.440. The molecule has 8 nitrogen and oxygen atoms in total. The van der Waals surface area contributed by atoms with Crippen LogP contribution in [-0.4, -0.2) is 69.1 Å². The number of nitrogens with zero attached hydrogens (tertiary/aromatic N) is 6. The standard InChI is InChI=1S/C25H26ClF3N6O2/c1-15(36)33-11-9-17(14-33)24(37)32(2)23(25(27,28)29)16-5-7-18(8-6-16)34-10-3-4-19-20(34)13-30-22-12-21(26)31-35(19)22/h5-8,12-13,17,23H,3-4,9-11,14H2,1-2H3/t17-,23-/m0/s1. The number of carbonyl (C=O) groups excluding carboxylic acids is 2. The lowest BCUT2D eigenvalue weighted by atomic mass is 10.0. The Hall–Kier alpha value is -3.34. The first kappa shape index (κ1) is 25.3. The van der Waals surface area contributed by atoms with E-state index < -0.39 is 24.0 Å². The van der Waals surface area contributed by atoms with Gasteiger partial charge in [0, 0.05) is 45.4 Å². The summed E-state index contributed by atoms with van der Waals surface area (Å²) in [5.41, 5.74) is 3.07. The van der Waals surface area contributed by atoms with E-state index in [2.05, 4.69) is 10.1 Å². The Bertz CT molecular complexity index is 1340. The number of halogens is 4. The Labute approximate surface area is 216 Å². The number of benzene rings is 1. The number of fused-ring (bicyclic) bond motifs is 3. The number of amides is 2. The quantitative estimate of drug-likeness (QED) is 0.496. The summed E-state index contributed by atoms with van der Waals surface area (Å²) in [5.74, 6) is -1.46. The number of likely N-dealkylation sites (tertiary alicyclic amines) is 1. The van der Waals surface area contributed by atoms with Crippen LogP contribution in [0.15, 0.2) is 36.5 Å². The van der Waals surface area contributed by atoms with Gasteiger partial charge >= 0.3 is 6.18 Å². The van der Waals surface area contributed by atoms with E-state index in [1.807, 2.05) is 4.90 Å². The summed E-state index contributed by atoms with van der Waals surface area (Å²) >= 11 is 6.05. The predicted octanol–water partition coefficient (Wildman–Crippen LogP) is 4.40. The van der Waals surface area contributed by atoms with Crippen LogP contribution in [0, 0.1) is 5.92 Å². The summed E-state index contributed by atoms with van der Waals surface area (Å²) in [5, 5.41) is 4.65. The minimum atomic E-state index is -4.67. The highest BCUT2D eigenvalue weighted by Gasteiger charge is 2.47. The second kappa shape index (κ2) is 9.51. The van der Waals surface area contributed by atoms with Crippen molar-refractivity contribution < 1.29 is 22.8 Å². The van der Waals surface area contributed by atoms with Gasteiger partial charge in [0.05, 0.1) is 23.5 Å². The first-order valence-electron chi connectivity index (χ1n) is 12.0. The van der Waals surface area contributed by atoms with E-state index in [0.29, 0.717) is 36.0 Å². The molecule has 0 N–H and O–H groups in total. The molecule has 2 aromatic heterocycles. The van der Waals surface area contributed by atoms with Crippen molar-refractivity contribution in [1.82, 2.24) is 24.4 Å². The molecule has 196 valence electrons. The fourth-order valence-corrected chi connectivity index (χ4v) is 5.50. The average Bonchev–Trinajstić information content (AvgIpc) is 3.49. The maximum Gasteiger partial charge on any atom is 0.413 e. The van der Waals surface area contributed by atoms with Crippen molar-refractivity contribution in [3.05, 3.63) is 52.9 Å². The molecule has 37 heavy (non-hydrogen) atoms. The lowest BCUT2D eigenvalue weighted by Gasteiger charge is -2.33. The van der Waals surface area contributed by atoms with Crippen LogP contribution < -0.4 is 4.90 Å². The molecule has 2 aliphatic heterocycles. The maximum atomic E-state index is 14.2. The van der Waals surface area contributed by atoms with Gasteiger partial charge < -0.3 is 14.7 Å². The zero-order chi connectivity index (χ0) is 26.5. The van der Waals surface area contributed by atoms with Crippen molar-refractivity contribution in [3.63, 3.8) is 0 Å². The Balaban J connectivity index is 1.41. The number of aromatic nitrogens is 3. The van der Waals surface area contributed by atoms with Crippen LogP contribution in [0.3, 0.4) is 0 Å². The first-order chi connectivity index (χ1) is 17.5. The lowest BCUT2D eigenvalue weighted by Crippen LogP contribution is -2.43. The van der Waals surface area contributed by atoms with Crippen LogP contribution >= 0.6 is 11.6 Å². The van der Waals surface area contributed by atoms with Crippen molar-refractivity contribution >= 4 is 40.4 Å². The average molecular weight is 535 g/mol. The van der Waals surface area contributed by atoms with Crippen LogP contribution in [0.25, 0.3) is 5.65 Å². The van der Waals surface area contributed by atoms with Gasteiger partial charge in [-0.15, -0.1) is 0 Å². The number of rotatable bonds is 4. The normalized spacial score (nSPS) is 18.7. The smallest absolute Gasteiger partial charge is 0.342 e. The van der Waals surface area contributed by atoms with Crippen molar-refractivity contribution in [2.75, 3.05) is 31.6 Å². The molecule has 2 amide bonds. The fourth-order valence-electron chi connectivity index (χ4n) is 5.33. The number of alkyl halides is 3. The second-order valence-corrected chi connectivity index (χ2v) is 9.91. The van der Waals surface area contributed by atoms with Crippen molar-refractivity contribution in [2.45, 2.75) is 38.4 Å². The highest BCUT2D eigenvalue weighted by atomic mass is 35.5. The predicted molar refractivity (Wildman–Crippen MR) is 132 cm³/mol. The molecule has 0 saturated carbocycles. The van der Waals surface area contributed by atoms with Crippen LogP contribution in [0.2, 0.25) is 5.15 Å². The molecule has 0 radical (unpaired) electrons. The van der Waals surface area contributed by atoms with Crippen LogP contribution in [0.1, 0.15) is 37.1 Å². The van der Waals surface area contributed by atoms with Gasteiger partial charge in [0.15, 0.2) is 16.8 Å². The van der Waals surface area contributed by atoms with Gasteiger partial charge in [0.2, 0.25) is 11.8 Å². The van der Waals surface area contributed by atoms with Crippen LogP contribution in [0.4, 0.5) is 24.5 Å². The summed E-state index contributed by atoms with van der Waals surface area (Å²) in [6.45, 7) is 2.57. The molecular formula is C25H26ClF3N6O2. The van der Waals surface area contributed by atoms with Gasteiger partial charge in [-0.25, -0.2) is 9.50 Å². The van der Waals surface area contributed by atoms with Crippen LogP contribution in [-0.2, 0) is 16.0 Å². The topological polar surface area (TPSA) is 74.1 Å². The van der Waals surface area contributed by atoms with E-state index in [4.69, 9.17) is 11.6 Å². The number of hydrogen-bond donors (Lipinski definition) is 0. The molecule has 0 bridgehead atoms. The minimum absolute atomic E-state index is 0.0295. The summed E-state index contributed by atoms with van der Waals surface area (Å²) in [7, 11) is 1.18. The minimum Gasteiger partial charge on any atom is -0.342 e. The summed E-state index contributed by atoms with van der Waals surface area (Å²) in [6.07, 6.45) is -0.994. The van der Waals surface area contributed by atoms with Gasteiger partial charge in [-0.1, -0.05) is 23.7 Å². The largest absolute Gasteiger partial charge is 0.413 e. The third-order valence-corrected chi connectivity index (χ3v) is 7.35. The maximum absolute atomic E-state index is 14.2. The number of anilines is 2. The van der Waals surface area contributed by atoms with Crippen molar-refractivity contribution in [2.24, 2.45) is 5.92 Å². The molecule has 0 spiro atoms. The molecule has 1 aromatic carbocycles. The molecular weight excluding hydrogens is 509 g/mol. The van der Waals surface area contributed by atoms with E-state index in [0.717, 1.165) is 29.1 Å². The van der Waals surface area contributed by atoms with Crippen LogP contribution in [0.5, 0.6) is 0 Å². The van der Waals surface area contributed by atoms with Gasteiger partial charge in [-0.05, 0) is 37.0 Å².